The van der Waals surface area contributed by atoms with E-state index >= 15 is 0 Å². The maximum Gasteiger partial charge on any atom is 0.126 e. The van der Waals surface area contributed by atoms with Crippen molar-refractivity contribution in [1.29, 1.82) is 0 Å². The van der Waals surface area contributed by atoms with Gasteiger partial charge in [-0.25, -0.2) is 0 Å². The third-order valence-corrected chi connectivity index (χ3v) is 6.79. The molecule has 0 bridgehead atoms. The van der Waals surface area contributed by atoms with Gasteiger partial charge in [0.2, 0.25) is 0 Å². The van der Waals surface area contributed by atoms with Gasteiger partial charge in [0.15, 0.2) is 0 Å². The van der Waals surface area contributed by atoms with Crippen LogP contribution in [0.15, 0.2) is 22.8 Å². The first-order chi connectivity index (χ1) is 9.90. The molecule has 0 heterocycles. The van der Waals surface area contributed by atoms with Crippen molar-refractivity contribution in [2.75, 3.05) is 0 Å². The van der Waals surface area contributed by atoms with E-state index in [1.165, 1.54) is 44.8 Å². The fraction of sp³-hybridized carbons (Fsp3) is 0.750. The van der Waals surface area contributed by atoms with Crippen LogP contribution in [-0.4, -0.2) is 6.29 Å². The van der Waals surface area contributed by atoms with Crippen molar-refractivity contribution < 1.29 is 4.79 Å². The topological polar surface area (TPSA) is 17.1 Å². The van der Waals surface area contributed by atoms with Crippen molar-refractivity contribution in [3.05, 3.63) is 22.8 Å². The molecule has 1 nitrogen and oxygen atoms in total. The third-order valence-electron chi connectivity index (χ3n) is 6.79. The summed E-state index contributed by atoms with van der Waals surface area (Å²) < 4.78 is 0. The molecule has 0 radical (unpaired) electrons. The predicted molar refractivity (Wildman–Crippen MR) is 88.0 cm³/mol. The third kappa shape index (κ3) is 2.24. The molecule has 1 saturated carbocycles. The zero-order chi connectivity index (χ0) is 15.3. The van der Waals surface area contributed by atoms with E-state index in [4.69, 9.17) is 0 Å². The van der Waals surface area contributed by atoms with Gasteiger partial charge in [0.1, 0.15) is 6.29 Å². The maximum atomic E-state index is 11.8. The normalized spacial score (nSPS) is 39.7. The van der Waals surface area contributed by atoms with E-state index in [1.54, 1.807) is 16.7 Å². The van der Waals surface area contributed by atoms with Gasteiger partial charge in [-0.15, -0.1) is 0 Å². The van der Waals surface area contributed by atoms with Crippen molar-refractivity contribution in [2.24, 2.45) is 22.7 Å². The molecule has 1 heteroatoms. The van der Waals surface area contributed by atoms with Crippen LogP contribution in [0.4, 0.5) is 0 Å². The molecule has 0 aromatic carbocycles. The average molecular weight is 286 g/mol. The molecule has 116 valence electrons. The maximum absolute atomic E-state index is 11.8. The minimum absolute atomic E-state index is 0.0897. The Kier molecular flexibility index (Phi) is 3.66. The molecule has 0 unspecified atom stereocenters. The number of aldehydes is 1. The first-order valence-electron chi connectivity index (χ1n) is 8.80. The second kappa shape index (κ2) is 5.11. The van der Waals surface area contributed by atoms with E-state index in [-0.39, 0.29) is 10.8 Å². The van der Waals surface area contributed by atoms with Crippen molar-refractivity contribution in [2.45, 2.75) is 72.6 Å². The van der Waals surface area contributed by atoms with Gasteiger partial charge >= 0.3 is 0 Å². The summed E-state index contributed by atoms with van der Waals surface area (Å²) in [5.74, 6) is 1.24. The van der Waals surface area contributed by atoms with Gasteiger partial charge in [0.25, 0.3) is 0 Å². The molecule has 0 aromatic heterocycles. The Bertz CT molecular complexity index is 510. The number of hydrogen-bond donors (Lipinski definition) is 0. The molecule has 21 heavy (non-hydrogen) atoms. The summed E-state index contributed by atoms with van der Waals surface area (Å²) in [6.45, 7) is 9.30. The average Bonchev–Trinajstić information content (AvgIpc) is 2.46. The second-order valence-corrected chi connectivity index (χ2v) is 8.36. The Balaban J connectivity index is 2.02. The first-order valence-corrected chi connectivity index (χ1v) is 8.80. The molecular weight excluding hydrogens is 256 g/mol. The number of carbonyl (C=O) groups excluding carboxylic acids is 1. The van der Waals surface area contributed by atoms with E-state index in [0.29, 0.717) is 11.8 Å². The molecule has 3 rings (SSSR count). The summed E-state index contributed by atoms with van der Waals surface area (Å²) in [4.78, 5) is 11.8. The van der Waals surface area contributed by atoms with E-state index in [0.717, 1.165) is 6.42 Å². The Hall–Kier alpha value is -0.850. The minimum atomic E-state index is -0.0897. The van der Waals surface area contributed by atoms with Crippen molar-refractivity contribution in [1.82, 2.24) is 0 Å². The van der Waals surface area contributed by atoms with Gasteiger partial charge in [-0.05, 0) is 61.3 Å². The van der Waals surface area contributed by atoms with Crippen LogP contribution in [0.2, 0.25) is 0 Å². The molecule has 0 amide bonds. The largest absolute Gasteiger partial charge is 0.303 e. The predicted octanol–water partition coefficient (Wildman–Crippen LogP) is 5.46. The Morgan fingerprint density at radius 3 is 2.62 bits per heavy atom. The number of rotatable bonds is 2. The lowest BCUT2D eigenvalue weighted by molar-refractivity contribution is -0.124. The Morgan fingerprint density at radius 1 is 1.19 bits per heavy atom. The number of carbonyl (C=O) groups is 1. The molecule has 0 aromatic rings. The molecule has 0 saturated heterocycles. The summed E-state index contributed by atoms with van der Waals surface area (Å²) in [6.07, 6.45) is 12.2. The highest BCUT2D eigenvalue weighted by Gasteiger charge is 2.52. The van der Waals surface area contributed by atoms with Crippen LogP contribution < -0.4 is 0 Å². The van der Waals surface area contributed by atoms with Gasteiger partial charge in [-0.2, -0.15) is 0 Å². The molecule has 3 aliphatic rings. The monoisotopic (exact) mass is 286 g/mol. The van der Waals surface area contributed by atoms with Crippen molar-refractivity contribution in [3.8, 4) is 0 Å². The van der Waals surface area contributed by atoms with E-state index in [1.807, 2.05) is 0 Å². The van der Waals surface area contributed by atoms with E-state index in [2.05, 4.69) is 33.8 Å². The molecule has 0 aliphatic heterocycles. The van der Waals surface area contributed by atoms with Crippen LogP contribution >= 0.6 is 0 Å². The lowest BCUT2D eigenvalue weighted by atomic mass is 9.49. The zero-order valence-electron chi connectivity index (χ0n) is 14.2. The standard InChI is InChI=1S/C20H30O/c1-14(2)15-6-8-17-16(12-15)7-9-18-19(3,13-21)10-5-11-20(17,18)4/h12-14,18H,5-11H2,1-4H3/t18-,19-,20-/m1/s1. The van der Waals surface area contributed by atoms with Crippen LogP contribution in [0.3, 0.4) is 0 Å². The molecule has 3 aliphatic carbocycles. The van der Waals surface area contributed by atoms with E-state index in [9.17, 15) is 4.79 Å². The quantitative estimate of drug-likeness (QED) is 0.616. The van der Waals surface area contributed by atoms with Crippen LogP contribution in [0.1, 0.15) is 72.6 Å². The Labute approximate surface area is 129 Å². The van der Waals surface area contributed by atoms with Gasteiger partial charge < -0.3 is 4.79 Å². The zero-order valence-corrected chi connectivity index (χ0v) is 14.2. The smallest absolute Gasteiger partial charge is 0.126 e. The summed E-state index contributed by atoms with van der Waals surface area (Å²) >= 11 is 0. The summed E-state index contributed by atoms with van der Waals surface area (Å²) in [5, 5.41) is 0. The molecule has 1 fully saturated rings. The molecule has 0 spiro atoms. The van der Waals surface area contributed by atoms with Crippen LogP contribution in [0.5, 0.6) is 0 Å². The number of allylic oxidation sites excluding steroid dienone is 4. The number of hydrogen-bond acceptors (Lipinski definition) is 1. The summed E-state index contributed by atoms with van der Waals surface area (Å²) in [7, 11) is 0. The second-order valence-electron chi connectivity index (χ2n) is 8.36. The van der Waals surface area contributed by atoms with Crippen molar-refractivity contribution in [3.63, 3.8) is 0 Å². The minimum Gasteiger partial charge on any atom is -0.303 e. The Morgan fingerprint density at radius 2 is 1.95 bits per heavy atom. The van der Waals surface area contributed by atoms with Crippen LogP contribution in [0.25, 0.3) is 0 Å². The highest BCUT2D eigenvalue weighted by atomic mass is 16.1. The lowest BCUT2D eigenvalue weighted by Gasteiger charge is -2.55. The summed E-state index contributed by atoms with van der Waals surface area (Å²) in [6, 6.07) is 0. The lowest BCUT2D eigenvalue weighted by Crippen LogP contribution is -2.47. The molecule has 0 N–H and O–H groups in total. The van der Waals surface area contributed by atoms with Crippen LogP contribution in [-0.2, 0) is 4.79 Å². The fourth-order valence-corrected chi connectivity index (χ4v) is 5.51. The summed E-state index contributed by atoms with van der Waals surface area (Å²) in [5.41, 5.74) is 5.15. The van der Waals surface area contributed by atoms with Gasteiger partial charge in [0, 0.05) is 5.41 Å². The SMILES string of the molecule is CC(C)C1=CC2=C(CC1)[C@@]1(C)CCC[C@](C)(C=O)[C@H]1CC2. The van der Waals surface area contributed by atoms with Gasteiger partial charge in [0.05, 0.1) is 0 Å². The highest BCUT2D eigenvalue weighted by Crippen LogP contribution is 2.60. The van der Waals surface area contributed by atoms with Gasteiger partial charge in [-0.1, -0.05) is 51.3 Å². The number of fused-ring (bicyclic) bond motifs is 2. The van der Waals surface area contributed by atoms with E-state index < -0.39 is 0 Å². The first kappa shape index (κ1) is 15.1. The van der Waals surface area contributed by atoms with Crippen molar-refractivity contribution >= 4 is 6.29 Å². The van der Waals surface area contributed by atoms with Crippen LogP contribution in [0, 0.1) is 22.7 Å². The molecule has 3 atom stereocenters. The highest BCUT2D eigenvalue weighted by molar-refractivity contribution is 5.61. The fourth-order valence-electron chi connectivity index (χ4n) is 5.51. The van der Waals surface area contributed by atoms with Gasteiger partial charge in [-0.3, -0.25) is 0 Å². The molecular formula is C20H30O.